The Morgan fingerprint density at radius 3 is 2.56 bits per heavy atom. The van der Waals surface area contributed by atoms with Crippen LogP contribution < -0.4 is 10.6 Å². The van der Waals surface area contributed by atoms with Crippen LogP contribution in [0.3, 0.4) is 0 Å². The van der Waals surface area contributed by atoms with E-state index in [-0.39, 0.29) is 5.69 Å². The lowest BCUT2D eigenvalue weighted by molar-refractivity contribution is -0.387. The first-order valence-electron chi connectivity index (χ1n) is 8.02. The second-order valence-corrected chi connectivity index (χ2v) is 6.57. The number of thioether (sulfide) groups is 1. The van der Waals surface area contributed by atoms with Crippen molar-refractivity contribution in [3.8, 4) is 0 Å². The maximum atomic E-state index is 13.4. The fraction of sp³-hybridized carbons (Fsp3) is 0.222. The largest absolute Gasteiger partial charge is 0.340 e. The lowest BCUT2D eigenvalue weighted by atomic mass is 10.1. The summed E-state index contributed by atoms with van der Waals surface area (Å²) in [5.74, 6) is -1.30. The van der Waals surface area contributed by atoms with Gasteiger partial charge in [0.1, 0.15) is 6.04 Å². The van der Waals surface area contributed by atoms with Crippen LogP contribution in [0.1, 0.15) is 16.8 Å². The summed E-state index contributed by atoms with van der Waals surface area (Å²) in [6.45, 7) is 0. The number of nitro benzene ring substituents is 1. The highest BCUT2D eigenvalue weighted by Gasteiger charge is 2.22. The molecule has 2 N–H and O–H groups in total. The van der Waals surface area contributed by atoms with Crippen molar-refractivity contribution < 1.29 is 18.9 Å². The third-order valence-corrected chi connectivity index (χ3v) is 4.32. The summed E-state index contributed by atoms with van der Waals surface area (Å²) in [5.41, 5.74) is -0.241. The van der Waals surface area contributed by atoms with Crippen LogP contribution in [-0.2, 0) is 4.79 Å². The number of carbonyl (C=O) groups excluding carboxylic acids is 2. The molecule has 0 fully saturated rings. The zero-order valence-corrected chi connectivity index (χ0v) is 15.3. The van der Waals surface area contributed by atoms with Crippen molar-refractivity contribution in [3.05, 3.63) is 70.0 Å². The number of nitrogens with one attached hydrogen (secondary N) is 2. The van der Waals surface area contributed by atoms with Crippen molar-refractivity contribution in [2.24, 2.45) is 0 Å². The van der Waals surface area contributed by atoms with Gasteiger partial charge in [-0.05, 0) is 42.7 Å². The van der Waals surface area contributed by atoms with Gasteiger partial charge in [-0.1, -0.05) is 18.2 Å². The number of rotatable bonds is 8. The van der Waals surface area contributed by atoms with E-state index >= 15 is 0 Å². The zero-order chi connectivity index (χ0) is 19.8. The first-order chi connectivity index (χ1) is 12.9. The van der Waals surface area contributed by atoms with E-state index in [9.17, 15) is 24.1 Å². The smallest absolute Gasteiger partial charge is 0.306 e. The van der Waals surface area contributed by atoms with E-state index in [1.807, 2.05) is 6.26 Å². The van der Waals surface area contributed by atoms with E-state index in [0.29, 0.717) is 17.7 Å². The normalized spacial score (nSPS) is 11.5. The Morgan fingerprint density at radius 2 is 1.93 bits per heavy atom. The average Bonchev–Trinajstić information content (AvgIpc) is 2.66. The molecule has 0 heterocycles. The van der Waals surface area contributed by atoms with Crippen LogP contribution in [0.2, 0.25) is 0 Å². The highest BCUT2D eigenvalue weighted by molar-refractivity contribution is 7.98. The minimum Gasteiger partial charge on any atom is -0.340 e. The van der Waals surface area contributed by atoms with Gasteiger partial charge in [0, 0.05) is 17.3 Å². The van der Waals surface area contributed by atoms with Gasteiger partial charge in [-0.2, -0.15) is 16.2 Å². The van der Waals surface area contributed by atoms with Crippen molar-refractivity contribution in [2.75, 3.05) is 17.3 Å². The summed E-state index contributed by atoms with van der Waals surface area (Å²) in [4.78, 5) is 34.8. The van der Waals surface area contributed by atoms with Gasteiger partial charge < -0.3 is 10.6 Å². The first-order valence-corrected chi connectivity index (χ1v) is 9.41. The first kappa shape index (κ1) is 20.4. The van der Waals surface area contributed by atoms with E-state index in [1.54, 1.807) is 30.3 Å². The second-order valence-electron chi connectivity index (χ2n) is 5.59. The van der Waals surface area contributed by atoms with Gasteiger partial charge >= 0.3 is 5.69 Å². The van der Waals surface area contributed by atoms with Crippen LogP contribution in [0.5, 0.6) is 0 Å². The second kappa shape index (κ2) is 9.67. The van der Waals surface area contributed by atoms with E-state index in [2.05, 4.69) is 10.6 Å². The molecule has 27 heavy (non-hydrogen) atoms. The van der Waals surface area contributed by atoms with Crippen molar-refractivity contribution in [3.63, 3.8) is 0 Å². The van der Waals surface area contributed by atoms with Crippen LogP contribution in [0.15, 0.2) is 48.5 Å². The van der Waals surface area contributed by atoms with Gasteiger partial charge in [-0.15, -0.1) is 0 Å². The highest BCUT2D eigenvalue weighted by Crippen LogP contribution is 2.22. The van der Waals surface area contributed by atoms with E-state index < -0.39 is 34.3 Å². The molecule has 0 saturated carbocycles. The van der Waals surface area contributed by atoms with Crippen LogP contribution >= 0.6 is 11.8 Å². The number of carbonyl (C=O) groups is 2. The Balaban J connectivity index is 2.13. The van der Waals surface area contributed by atoms with Crippen molar-refractivity contribution in [1.29, 1.82) is 0 Å². The number of nitro groups is 1. The van der Waals surface area contributed by atoms with Gasteiger partial charge in [-0.25, -0.2) is 0 Å². The Hall–Kier alpha value is -2.94. The molecule has 1 atom stereocenters. The summed E-state index contributed by atoms with van der Waals surface area (Å²) in [6, 6.07) is 10.7. The van der Waals surface area contributed by atoms with Crippen molar-refractivity contribution >= 4 is 35.0 Å². The lowest BCUT2D eigenvalue weighted by Crippen LogP contribution is -2.44. The fourth-order valence-corrected chi connectivity index (χ4v) is 2.77. The summed E-state index contributed by atoms with van der Waals surface area (Å²) in [6.07, 6.45) is 2.24. The molecule has 0 aliphatic carbocycles. The van der Waals surface area contributed by atoms with Gasteiger partial charge in [0.2, 0.25) is 11.7 Å². The van der Waals surface area contributed by atoms with Gasteiger partial charge in [-0.3, -0.25) is 19.7 Å². The number of hydrogen-bond acceptors (Lipinski definition) is 5. The highest BCUT2D eigenvalue weighted by atomic mass is 32.2. The fourth-order valence-electron chi connectivity index (χ4n) is 2.30. The monoisotopic (exact) mass is 391 g/mol. The molecule has 2 amide bonds. The number of nitrogens with zero attached hydrogens (tertiary/aromatic N) is 1. The van der Waals surface area contributed by atoms with Gasteiger partial charge in [0.15, 0.2) is 0 Å². The number of benzene rings is 2. The van der Waals surface area contributed by atoms with Crippen LogP contribution in [0.25, 0.3) is 0 Å². The Kier molecular flexibility index (Phi) is 7.30. The zero-order valence-electron chi connectivity index (χ0n) is 14.5. The van der Waals surface area contributed by atoms with Gasteiger partial charge in [0.05, 0.1) is 4.92 Å². The molecular weight excluding hydrogens is 373 g/mol. The standard InChI is InChI=1S/C18H18FN3O4S/c1-27-10-9-15(21-17(23)12-5-3-2-4-6-12)18(24)20-13-7-8-14(19)16(11-13)22(25)26/h2-8,11,15H,9-10H2,1H3,(H,20,24)(H,21,23)/t15-/m1/s1. The predicted molar refractivity (Wildman–Crippen MR) is 102 cm³/mol. The Bertz CT molecular complexity index is 833. The lowest BCUT2D eigenvalue weighted by Gasteiger charge is -2.18. The molecule has 142 valence electrons. The molecule has 2 aromatic rings. The molecule has 0 saturated heterocycles. The average molecular weight is 391 g/mol. The van der Waals surface area contributed by atoms with Gasteiger partial charge in [0.25, 0.3) is 5.91 Å². The van der Waals surface area contributed by atoms with E-state index in [1.165, 1.54) is 17.8 Å². The topological polar surface area (TPSA) is 101 Å². The predicted octanol–water partition coefficient (Wildman–Crippen LogP) is 3.22. The quantitative estimate of drug-likeness (QED) is 0.531. The molecular formula is C18H18FN3O4S. The number of amides is 2. The molecule has 2 aromatic carbocycles. The summed E-state index contributed by atoms with van der Waals surface area (Å²) in [7, 11) is 0. The van der Waals surface area contributed by atoms with Crippen molar-refractivity contribution in [1.82, 2.24) is 5.32 Å². The molecule has 0 aliphatic heterocycles. The molecule has 0 spiro atoms. The third-order valence-electron chi connectivity index (χ3n) is 3.68. The molecule has 0 unspecified atom stereocenters. The molecule has 7 nitrogen and oxygen atoms in total. The minimum atomic E-state index is -0.991. The minimum absolute atomic E-state index is 0.0798. The number of halogens is 1. The number of hydrogen-bond donors (Lipinski definition) is 2. The number of anilines is 1. The molecule has 9 heteroatoms. The molecule has 0 aliphatic rings. The summed E-state index contributed by atoms with van der Waals surface area (Å²) >= 11 is 1.51. The maximum Gasteiger partial charge on any atom is 0.306 e. The molecule has 0 bridgehead atoms. The van der Waals surface area contributed by atoms with Crippen LogP contribution in [0.4, 0.5) is 15.8 Å². The van der Waals surface area contributed by atoms with Crippen molar-refractivity contribution in [2.45, 2.75) is 12.5 Å². The van der Waals surface area contributed by atoms with Crippen LogP contribution in [-0.4, -0.2) is 34.8 Å². The summed E-state index contributed by atoms with van der Waals surface area (Å²) < 4.78 is 13.4. The third kappa shape index (κ3) is 5.78. The molecule has 0 aromatic heterocycles. The Labute approximate surface area is 159 Å². The van der Waals surface area contributed by atoms with Crippen LogP contribution in [0, 0.1) is 15.9 Å². The molecule has 2 rings (SSSR count). The van der Waals surface area contributed by atoms with E-state index in [4.69, 9.17) is 0 Å². The summed E-state index contributed by atoms with van der Waals surface area (Å²) in [5, 5.41) is 16.0. The maximum absolute atomic E-state index is 13.4. The Morgan fingerprint density at radius 1 is 1.22 bits per heavy atom. The van der Waals surface area contributed by atoms with E-state index in [0.717, 1.165) is 12.1 Å². The molecule has 0 radical (unpaired) electrons. The SMILES string of the molecule is CSCC[C@@H](NC(=O)c1ccccc1)C(=O)Nc1ccc(F)c([N+](=O)[O-])c1.